The van der Waals surface area contributed by atoms with Gasteiger partial charge in [-0.3, -0.25) is 4.79 Å². The number of carbonyl (C=O) groups excluding carboxylic acids is 2. The number of alkyl carbamates (subject to hydrolysis) is 1. The molecule has 0 aliphatic heterocycles. The zero-order valence-electron chi connectivity index (χ0n) is 15.3. The Hall–Kier alpha value is -1.30. The Kier molecular flexibility index (Phi) is 6.86. The van der Waals surface area contributed by atoms with Gasteiger partial charge < -0.3 is 20.1 Å². The van der Waals surface area contributed by atoms with Crippen molar-refractivity contribution in [2.75, 3.05) is 6.54 Å². The van der Waals surface area contributed by atoms with Crippen molar-refractivity contribution in [3.8, 4) is 0 Å². The predicted molar refractivity (Wildman–Crippen MR) is 89.3 cm³/mol. The predicted octanol–water partition coefficient (Wildman–Crippen LogP) is 2.75. The van der Waals surface area contributed by atoms with E-state index in [2.05, 4.69) is 10.6 Å². The van der Waals surface area contributed by atoms with Crippen molar-refractivity contribution in [3.05, 3.63) is 0 Å². The van der Waals surface area contributed by atoms with E-state index in [9.17, 15) is 9.59 Å². The number of amides is 1. The summed E-state index contributed by atoms with van der Waals surface area (Å²) in [6.45, 7) is 11.3. The molecule has 1 aliphatic carbocycles. The van der Waals surface area contributed by atoms with Crippen molar-refractivity contribution >= 4 is 12.1 Å². The van der Waals surface area contributed by atoms with Crippen molar-refractivity contribution in [2.24, 2.45) is 0 Å². The van der Waals surface area contributed by atoms with E-state index in [1.807, 2.05) is 41.5 Å². The summed E-state index contributed by atoms with van der Waals surface area (Å²) in [5, 5.41) is 6.14. The van der Waals surface area contributed by atoms with E-state index in [1.165, 1.54) is 0 Å². The Labute approximate surface area is 139 Å². The summed E-state index contributed by atoms with van der Waals surface area (Å²) in [6.07, 6.45) is 3.35. The van der Waals surface area contributed by atoms with Gasteiger partial charge in [0.05, 0.1) is 6.54 Å². The Morgan fingerprint density at radius 1 is 0.957 bits per heavy atom. The molecular formula is C17H32N2O4. The minimum Gasteiger partial charge on any atom is -0.459 e. The van der Waals surface area contributed by atoms with E-state index in [4.69, 9.17) is 9.47 Å². The standard InChI is InChI=1S/C17H32N2O4/c1-16(2,3)22-14(20)11-18-12-8-7-9-13(10-12)19-15(21)23-17(4,5)6/h12-13,18H,7-11H2,1-6H3,(H,19,21). The second-order valence-corrected chi connectivity index (χ2v) is 8.17. The first-order valence-electron chi connectivity index (χ1n) is 8.39. The molecule has 0 bridgehead atoms. The summed E-state index contributed by atoms with van der Waals surface area (Å²) < 4.78 is 10.6. The lowest BCUT2D eigenvalue weighted by Gasteiger charge is -2.31. The van der Waals surface area contributed by atoms with Crippen LogP contribution in [0.25, 0.3) is 0 Å². The first kappa shape index (κ1) is 19.7. The molecule has 1 amide bonds. The van der Waals surface area contributed by atoms with Gasteiger partial charge in [0.2, 0.25) is 0 Å². The SMILES string of the molecule is CC(C)(C)OC(=O)CNC1CCCC(NC(=O)OC(C)(C)C)C1. The molecule has 2 atom stereocenters. The number of esters is 1. The van der Waals surface area contributed by atoms with Crippen LogP contribution in [0.5, 0.6) is 0 Å². The molecule has 2 N–H and O–H groups in total. The Morgan fingerprint density at radius 2 is 1.52 bits per heavy atom. The monoisotopic (exact) mass is 328 g/mol. The van der Waals surface area contributed by atoms with Crippen molar-refractivity contribution in [1.29, 1.82) is 0 Å². The van der Waals surface area contributed by atoms with Gasteiger partial charge in [-0.2, -0.15) is 0 Å². The fourth-order valence-electron chi connectivity index (χ4n) is 2.59. The quantitative estimate of drug-likeness (QED) is 0.776. The maximum atomic E-state index is 11.8. The van der Waals surface area contributed by atoms with Crippen LogP contribution in [0, 0.1) is 0 Å². The molecule has 1 aliphatic rings. The molecule has 0 spiro atoms. The largest absolute Gasteiger partial charge is 0.459 e. The molecule has 1 fully saturated rings. The Bertz CT molecular complexity index is 410. The van der Waals surface area contributed by atoms with Crippen LogP contribution in [0.15, 0.2) is 0 Å². The molecule has 6 heteroatoms. The molecule has 134 valence electrons. The molecule has 23 heavy (non-hydrogen) atoms. The highest BCUT2D eigenvalue weighted by Gasteiger charge is 2.26. The number of ether oxygens (including phenoxy) is 2. The van der Waals surface area contributed by atoms with Crippen molar-refractivity contribution < 1.29 is 19.1 Å². The minimum absolute atomic E-state index is 0.0785. The maximum Gasteiger partial charge on any atom is 0.407 e. The molecule has 0 radical (unpaired) electrons. The van der Waals surface area contributed by atoms with E-state index in [-0.39, 0.29) is 30.7 Å². The molecule has 0 aromatic carbocycles. The summed E-state index contributed by atoms with van der Waals surface area (Å²) in [5.74, 6) is -0.250. The lowest BCUT2D eigenvalue weighted by molar-refractivity contribution is -0.153. The summed E-state index contributed by atoms with van der Waals surface area (Å²) in [6, 6.07) is 0.283. The van der Waals surface area contributed by atoms with Crippen LogP contribution in [0.3, 0.4) is 0 Å². The molecule has 0 aromatic heterocycles. The molecule has 1 rings (SSSR count). The van der Waals surface area contributed by atoms with Crippen LogP contribution >= 0.6 is 0 Å². The molecule has 2 unspecified atom stereocenters. The van der Waals surface area contributed by atoms with Crippen LogP contribution in [-0.2, 0) is 14.3 Å². The van der Waals surface area contributed by atoms with Gasteiger partial charge >= 0.3 is 12.1 Å². The second kappa shape index (κ2) is 7.99. The average Bonchev–Trinajstić information content (AvgIpc) is 2.32. The van der Waals surface area contributed by atoms with E-state index in [0.717, 1.165) is 25.7 Å². The van der Waals surface area contributed by atoms with Crippen LogP contribution in [0.2, 0.25) is 0 Å². The van der Waals surface area contributed by atoms with Gasteiger partial charge in [0.15, 0.2) is 0 Å². The summed E-state index contributed by atoms with van der Waals surface area (Å²) in [5.41, 5.74) is -0.959. The van der Waals surface area contributed by atoms with Crippen LogP contribution in [0.1, 0.15) is 67.2 Å². The molecule has 1 saturated carbocycles. The van der Waals surface area contributed by atoms with Gasteiger partial charge in [-0.1, -0.05) is 0 Å². The van der Waals surface area contributed by atoms with Gasteiger partial charge in [0.1, 0.15) is 11.2 Å². The maximum absolute atomic E-state index is 11.8. The zero-order valence-corrected chi connectivity index (χ0v) is 15.3. The van der Waals surface area contributed by atoms with Crippen molar-refractivity contribution in [1.82, 2.24) is 10.6 Å². The van der Waals surface area contributed by atoms with Gasteiger partial charge in [0, 0.05) is 12.1 Å². The summed E-state index contributed by atoms with van der Waals surface area (Å²) in [4.78, 5) is 23.6. The Morgan fingerprint density at radius 3 is 2.09 bits per heavy atom. The van der Waals surface area contributed by atoms with E-state index in [1.54, 1.807) is 0 Å². The second-order valence-electron chi connectivity index (χ2n) is 8.17. The van der Waals surface area contributed by atoms with Gasteiger partial charge in [-0.05, 0) is 67.2 Å². The molecule has 0 saturated heterocycles. The van der Waals surface area contributed by atoms with Gasteiger partial charge in [-0.15, -0.1) is 0 Å². The van der Waals surface area contributed by atoms with Crippen LogP contribution in [0.4, 0.5) is 4.79 Å². The van der Waals surface area contributed by atoms with Gasteiger partial charge in [-0.25, -0.2) is 4.79 Å². The lowest BCUT2D eigenvalue weighted by Crippen LogP contribution is -2.46. The van der Waals surface area contributed by atoms with E-state index < -0.39 is 11.2 Å². The number of hydrogen-bond acceptors (Lipinski definition) is 5. The van der Waals surface area contributed by atoms with E-state index >= 15 is 0 Å². The van der Waals surface area contributed by atoms with Crippen molar-refractivity contribution in [2.45, 2.75) is 90.5 Å². The normalized spacial score (nSPS) is 22.3. The van der Waals surface area contributed by atoms with E-state index in [0.29, 0.717) is 0 Å². The zero-order chi connectivity index (χ0) is 17.7. The summed E-state index contributed by atoms with van der Waals surface area (Å²) >= 11 is 0. The summed E-state index contributed by atoms with van der Waals surface area (Å²) in [7, 11) is 0. The molecule has 0 heterocycles. The highest BCUT2D eigenvalue weighted by atomic mass is 16.6. The number of nitrogens with one attached hydrogen (secondary N) is 2. The first-order chi connectivity index (χ1) is 10.4. The fraction of sp³-hybridized carbons (Fsp3) is 0.882. The highest BCUT2D eigenvalue weighted by molar-refractivity contribution is 5.72. The third-order valence-corrected chi connectivity index (χ3v) is 3.35. The molecule has 0 aromatic rings. The van der Waals surface area contributed by atoms with Crippen LogP contribution < -0.4 is 10.6 Å². The smallest absolute Gasteiger partial charge is 0.407 e. The minimum atomic E-state index is -0.493. The molecule has 6 nitrogen and oxygen atoms in total. The number of rotatable bonds is 4. The topological polar surface area (TPSA) is 76.7 Å². The fourth-order valence-corrected chi connectivity index (χ4v) is 2.59. The number of carbonyl (C=O) groups is 2. The highest BCUT2D eigenvalue weighted by Crippen LogP contribution is 2.19. The van der Waals surface area contributed by atoms with Crippen LogP contribution in [-0.4, -0.2) is 41.9 Å². The molecular weight excluding hydrogens is 296 g/mol. The average molecular weight is 328 g/mol. The lowest BCUT2D eigenvalue weighted by atomic mass is 9.91. The van der Waals surface area contributed by atoms with Crippen molar-refractivity contribution in [3.63, 3.8) is 0 Å². The third kappa shape index (κ3) is 9.43. The number of hydrogen-bond donors (Lipinski definition) is 2. The first-order valence-corrected chi connectivity index (χ1v) is 8.39. The van der Waals surface area contributed by atoms with Gasteiger partial charge in [0.25, 0.3) is 0 Å². The Balaban J connectivity index is 2.34. The third-order valence-electron chi connectivity index (χ3n) is 3.35.